The van der Waals surface area contributed by atoms with Gasteiger partial charge in [-0.25, -0.2) is 4.79 Å². The normalized spacial score (nSPS) is 25.2. The van der Waals surface area contributed by atoms with Gasteiger partial charge in [0.2, 0.25) is 0 Å². The van der Waals surface area contributed by atoms with Gasteiger partial charge in [-0.2, -0.15) is 0 Å². The van der Waals surface area contributed by atoms with Crippen molar-refractivity contribution in [3.8, 4) is 0 Å². The highest BCUT2D eigenvalue weighted by Gasteiger charge is 2.51. The first kappa shape index (κ1) is 17.9. The Labute approximate surface area is 150 Å². The zero-order valence-electron chi connectivity index (χ0n) is 15.3. The molecule has 0 saturated carbocycles. The molecule has 2 fully saturated rings. The number of hydrogen-bond acceptors (Lipinski definition) is 3. The van der Waals surface area contributed by atoms with Gasteiger partial charge >= 0.3 is 6.03 Å². The number of nitrogens with zero attached hydrogens (tertiary/aromatic N) is 1. The van der Waals surface area contributed by atoms with Crippen molar-refractivity contribution in [2.45, 2.75) is 51.6 Å². The van der Waals surface area contributed by atoms with Crippen molar-refractivity contribution in [3.63, 3.8) is 0 Å². The van der Waals surface area contributed by atoms with Crippen molar-refractivity contribution in [2.75, 3.05) is 13.1 Å². The SMILES string of the molecule is CC(C)CCC1(C2CCN(Cc3ccccc3)CC2)NC(=O)NC1=O. The van der Waals surface area contributed by atoms with E-state index in [2.05, 4.69) is 53.6 Å². The summed E-state index contributed by atoms with van der Waals surface area (Å²) < 4.78 is 0. The second kappa shape index (κ2) is 7.56. The van der Waals surface area contributed by atoms with Crippen LogP contribution in [0.3, 0.4) is 0 Å². The molecular formula is C20H29N3O2. The predicted octanol–water partition coefficient (Wildman–Crippen LogP) is 2.91. The van der Waals surface area contributed by atoms with E-state index >= 15 is 0 Å². The quantitative estimate of drug-likeness (QED) is 0.781. The molecule has 3 rings (SSSR count). The number of hydrogen-bond donors (Lipinski definition) is 2. The molecule has 5 nitrogen and oxygen atoms in total. The van der Waals surface area contributed by atoms with Crippen molar-refractivity contribution in [1.29, 1.82) is 0 Å². The summed E-state index contributed by atoms with van der Waals surface area (Å²) in [5, 5.41) is 5.47. The second-order valence-corrected chi connectivity index (χ2v) is 7.85. The minimum Gasteiger partial charge on any atom is -0.323 e. The van der Waals surface area contributed by atoms with Crippen LogP contribution in [-0.4, -0.2) is 35.5 Å². The van der Waals surface area contributed by atoms with Crippen LogP contribution in [0, 0.1) is 11.8 Å². The molecule has 2 N–H and O–H groups in total. The summed E-state index contributed by atoms with van der Waals surface area (Å²) in [6.45, 7) is 7.19. The van der Waals surface area contributed by atoms with E-state index in [4.69, 9.17) is 0 Å². The molecule has 1 aromatic rings. The lowest BCUT2D eigenvalue weighted by molar-refractivity contribution is -0.127. The predicted molar refractivity (Wildman–Crippen MR) is 97.9 cm³/mol. The molecule has 1 atom stereocenters. The molecule has 25 heavy (non-hydrogen) atoms. The number of urea groups is 1. The maximum absolute atomic E-state index is 12.6. The fraction of sp³-hybridized carbons (Fsp3) is 0.600. The number of carbonyl (C=O) groups is 2. The monoisotopic (exact) mass is 343 g/mol. The molecule has 0 bridgehead atoms. The Bertz CT molecular complexity index is 609. The van der Waals surface area contributed by atoms with Gasteiger partial charge < -0.3 is 5.32 Å². The summed E-state index contributed by atoms with van der Waals surface area (Å²) in [4.78, 5) is 26.8. The van der Waals surface area contributed by atoms with Gasteiger partial charge in [0, 0.05) is 6.54 Å². The first-order valence-electron chi connectivity index (χ1n) is 9.39. The molecule has 3 amide bonds. The first-order valence-corrected chi connectivity index (χ1v) is 9.39. The average Bonchev–Trinajstić information content (AvgIpc) is 2.89. The third-order valence-corrected chi connectivity index (χ3v) is 5.62. The smallest absolute Gasteiger partial charge is 0.322 e. The van der Waals surface area contributed by atoms with E-state index in [0.29, 0.717) is 5.92 Å². The van der Waals surface area contributed by atoms with Crippen molar-refractivity contribution in [1.82, 2.24) is 15.5 Å². The zero-order chi connectivity index (χ0) is 17.9. The lowest BCUT2D eigenvalue weighted by Crippen LogP contribution is -2.56. The third kappa shape index (κ3) is 4.03. The second-order valence-electron chi connectivity index (χ2n) is 7.85. The number of nitrogens with one attached hydrogen (secondary N) is 2. The van der Waals surface area contributed by atoms with Crippen LogP contribution in [0.25, 0.3) is 0 Å². The molecule has 0 aliphatic carbocycles. The third-order valence-electron chi connectivity index (χ3n) is 5.62. The maximum Gasteiger partial charge on any atom is 0.322 e. The van der Waals surface area contributed by atoms with Gasteiger partial charge in [0.25, 0.3) is 5.91 Å². The Morgan fingerprint density at radius 1 is 1.16 bits per heavy atom. The van der Waals surface area contributed by atoms with Crippen LogP contribution in [0.4, 0.5) is 4.79 Å². The average molecular weight is 343 g/mol. The van der Waals surface area contributed by atoms with E-state index in [1.54, 1.807) is 0 Å². The van der Waals surface area contributed by atoms with E-state index in [1.807, 2.05) is 6.07 Å². The number of carbonyl (C=O) groups excluding carboxylic acids is 2. The van der Waals surface area contributed by atoms with Gasteiger partial charge in [-0.15, -0.1) is 0 Å². The molecule has 1 aromatic carbocycles. The first-order chi connectivity index (χ1) is 12.0. The van der Waals surface area contributed by atoms with Crippen molar-refractivity contribution in [3.05, 3.63) is 35.9 Å². The summed E-state index contributed by atoms with van der Waals surface area (Å²) in [5.41, 5.74) is 0.614. The Hall–Kier alpha value is -1.88. The van der Waals surface area contributed by atoms with Crippen LogP contribution in [0.15, 0.2) is 30.3 Å². The van der Waals surface area contributed by atoms with E-state index in [1.165, 1.54) is 5.56 Å². The number of amides is 3. The Kier molecular flexibility index (Phi) is 5.42. The molecule has 2 saturated heterocycles. The van der Waals surface area contributed by atoms with Gasteiger partial charge in [-0.1, -0.05) is 44.2 Å². The van der Waals surface area contributed by atoms with Crippen LogP contribution < -0.4 is 10.6 Å². The minimum absolute atomic E-state index is 0.125. The molecule has 2 aliphatic rings. The van der Waals surface area contributed by atoms with Gasteiger partial charge in [0.1, 0.15) is 5.54 Å². The van der Waals surface area contributed by atoms with E-state index < -0.39 is 5.54 Å². The largest absolute Gasteiger partial charge is 0.323 e. The lowest BCUT2D eigenvalue weighted by Gasteiger charge is -2.41. The molecule has 136 valence electrons. The molecule has 2 heterocycles. The Morgan fingerprint density at radius 2 is 1.84 bits per heavy atom. The Balaban J connectivity index is 1.64. The summed E-state index contributed by atoms with van der Waals surface area (Å²) in [6, 6.07) is 10.2. The van der Waals surface area contributed by atoms with Crippen molar-refractivity contribution < 1.29 is 9.59 Å². The molecule has 2 aliphatic heterocycles. The number of rotatable bonds is 6. The summed E-state index contributed by atoms with van der Waals surface area (Å²) >= 11 is 0. The van der Waals surface area contributed by atoms with Crippen LogP contribution in [0.2, 0.25) is 0 Å². The highest BCUT2D eigenvalue weighted by Crippen LogP contribution is 2.35. The van der Waals surface area contributed by atoms with E-state index in [0.717, 1.165) is 45.3 Å². The Morgan fingerprint density at radius 3 is 2.40 bits per heavy atom. The fourth-order valence-corrected chi connectivity index (χ4v) is 4.11. The molecule has 5 heteroatoms. The van der Waals surface area contributed by atoms with Crippen molar-refractivity contribution >= 4 is 11.9 Å². The molecule has 0 radical (unpaired) electrons. The van der Waals surface area contributed by atoms with Gasteiger partial charge in [-0.3, -0.25) is 15.0 Å². The highest BCUT2D eigenvalue weighted by atomic mass is 16.2. The lowest BCUT2D eigenvalue weighted by atomic mass is 9.74. The zero-order valence-corrected chi connectivity index (χ0v) is 15.3. The highest BCUT2D eigenvalue weighted by molar-refractivity contribution is 6.07. The number of imide groups is 1. The molecule has 0 spiro atoms. The van der Waals surface area contributed by atoms with Crippen LogP contribution in [0.5, 0.6) is 0 Å². The van der Waals surface area contributed by atoms with Crippen molar-refractivity contribution in [2.24, 2.45) is 11.8 Å². The van der Waals surface area contributed by atoms with Gasteiger partial charge in [0.15, 0.2) is 0 Å². The van der Waals surface area contributed by atoms with E-state index in [9.17, 15) is 9.59 Å². The maximum atomic E-state index is 12.6. The molecule has 1 unspecified atom stereocenters. The van der Waals surface area contributed by atoms with Crippen LogP contribution in [-0.2, 0) is 11.3 Å². The minimum atomic E-state index is -0.708. The van der Waals surface area contributed by atoms with Crippen LogP contribution in [0.1, 0.15) is 45.1 Å². The molecule has 0 aromatic heterocycles. The summed E-state index contributed by atoms with van der Waals surface area (Å²) in [6.07, 6.45) is 3.56. The molecular weight excluding hydrogens is 314 g/mol. The summed E-state index contributed by atoms with van der Waals surface area (Å²) in [5.74, 6) is 0.602. The number of piperidine rings is 1. The number of benzene rings is 1. The van der Waals surface area contributed by atoms with Crippen LogP contribution >= 0.6 is 0 Å². The fourth-order valence-electron chi connectivity index (χ4n) is 4.11. The van der Waals surface area contributed by atoms with Gasteiger partial charge in [-0.05, 0) is 56.2 Å². The topological polar surface area (TPSA) is 61.4 Å². The summed E-state index contributed by atoms with van der Waals surface area (Å²) in [7, 11) is 0. The van der Waals surface area contributed by atoms with E-state index in [-0.39, 0.29) is 17.9 Å². The standard InChI is InChI=1S/C20H29N3O2/c1-15(2)8-11-20(18(24)21-19(25)22-20)17-9-12-23(13-10-17)14-16-6-4-3-5-7-16/h3-7,15,17H,8-14H2,1-2H3,(H2,21,22,24,25). The number of likely N-dealkylation sites (tertiary alicyclic amines) is 1. The van der Waals surface area contributed by atoms with Gasteiger partial charge in [0.05, 0.1) is 0 Å².